The highest BCUT2D eigenvalue weighted by Gasteiger charge is 2.11. The van der Waals surface area contributed by atoms with Crippen molar-refractivity contribution in [1.82, 2.24) is 4.98 Å². The zero-order valence-electron chi connectivity index (χ0n) is 14.4. The number of phenolic OH excluding ortho intramolecular Hbond substituents is 1. The van der Waals surface area contributed by atoms with Gasteiger partial charge < -0.3 is 10.2 Å². The molecule has 0 saturated heterocycles. The highest BCUT2D eigenvalue weighted by molar-refractivity contribution is 5.85. The number of benzene rings is 1. The topological polar surface area (TPSA) is 53.4 Å². The molecule has 0 fully saturated rings. The van der Waals surface area contributed by atoms with E-state index >= 15 is 0 Å². The van der Waals surface area contributed by atoms with E-state index in [1.54, 1.807) is 6.07 Å². The van der Waals surface area contributed by atoms with E-state index in [1.165, 1.54) is 38.5 Å². The van der Waals surface area contributed by atoms with E-state index in [-0.39, 0.29) is 5.75 Å². The number of aromatic hydroxyl groups is 1. The van der Waals surface area contributed by atoms with Crippen molar-refractivity contribution in [3.8, 4) is 5.75 Å². The lowest BCUT2D eigenvalue weighted by Gasteiger charge is -2.12. The molecule has 126 valence electrons. The maximum absolute atomic E-state index is 10.3. The summed E-state index contributed by atoms with van der Waals surface area (Å²) >= 11 is 0. The summed E-state index contributed by atoms with van der Waals surface area (Å²) in [6, 6.07) is 7.50. The van der Waals surface area contributed by atoms with Crippen molar-refractivity contribution in [2.75, 3.05) is 0 Å². The molecular formula is C20H29NO2. The number of nitrogens with zero attached hydrogens (tertiary/aromatic N) is 1. The minimum Gasteiger partial charge on any atom is -0.506 e. The van der Waals surface area contributed by atoms with Gasteiger partial charge in [-0.1, -0.05) is 57.9 Å². The van der Waals surface area contributed by atoms with E-state index in [4.69, 9.17) is 0 Å². The second-order valence-electron chi connectivity index (χ2n) is 6.52. The van der Waals surface area contributed by atoms with Gasteiger partial charge in [-0.15, -0.1) is 0 Å². The molecule has 2 rings (SSSR count). The van der Waals surface area contributed by atoms with Crippen LogP contribution < -0.4 is 0 Å². The summed E-state index contributed by atoms with van der Waals surface area (Å²) in [6.45, 7) is 4.18. The molecule has 0 radical (unpaired) electrons. The fraction of sp³-hybridized carbons (Fsp3) is 0.550. The third-order valence-electron chi connectivity index (χ3n) is 4.36. The molecule has 1 atom stereocenters. The minimum atomic E-state index is -0.546. The Morgan fingerprint density at radius 2 is 1.70 bits per heavy atom. The second kappa shape index (κ2) is 8.88. The van der Waals surface area contributed by atoms with E-state index in [2.05, 4.69) is 11.9 Å². The summed E-state index contributed by atoms with van der Waals surface area (Å²) in [6.07, 6.45) is 8.85. The summed E-state index contributed by atoms with van der Waals surface area (Å²) in [5.74, 6) is 0.185. The van der Waals surface area contributed by atoms with Crippen molar-refractivity contribution in [3.05, 3.63) is 35.5 Å². The number of rotatable bonds is 9. The van der Waals surface area contributed by atoms with Gasteiger partial charge in [0, 0.05) is 5.39 Å². The Kier molecular flexibility index (Phi) is 6.85. The van der Waals surface area contributed by atoms with E-state index in [0.717, 1.165) is 23.8 Å². The average molecular weight is 315 g/mol. The first-order valence-electron chi connectivity index (χ1n) is 8.90. The molecule has 0 spiro atoms. The number of pyridine rings is 1. The Morgan fingerprint density at radius 1 is 1.00 bits per heavy atom. The summed E-state index contributed by atoms with van der Waals surface area (Å²) in [7, 11) is 0. The molecule has 1 unspecified atom stereocenters. The molecule has 0 aliphatic heterocycles. The highest BCUT2D eigenvalue weighted by Crippen LogP contribution is 2.27. The number of aliphatic hydroxyl groups is 1. The SMILES string of the molecule is CCCCCCCCCC(O)c1ccc2cc(C)cc(O)c2n1. The highest BCUT2D eigenvalue weighted by atomic mass is 16.3. The first kappa shape index (κ1) is 17.7. The molecular weight excluding hydrogens is 286 g/mol. The summed E-state index contributed by atoms with van der Waals surface area (Å²) in [5, 5.41) is 21.3. The Bertz CT molecular complexity index is 624. The van der Waals surface area contributed by atoms with Gasteiger partial charge in [-0.05, 0) is 37.1 Å². The third-order valence-corrected chi connectivity index (χ3v) is 4.36. The molecule has 0 saturated carbocycles. The van der Waals surface area contributed by atoms with Crippen molar-refractivity contribution < 1.29 is 10.2 Å². The van der Waals surface area contributed by atoms with E-state index < -0.39 is 6.10 Å². The fourth-order valence-electron chi connectivity index (χ4n) is 3.01. The monoisotopic (exact) mass is 315 g/mol. The number of aromatic nitrogens is 1. The zero-order valence-corrected chi connectivity index (χ0v) is 14.4. The van der Waals surface area contributed by atoms with Gasteiger partial charge in [-0.25, -0.2) is 4.98 Å². The molecule has 1 aromatic carbocycles. The van der Waals surface area contributed by atoms with Gasteiger partial charge in [0.15, 0.2) is 0 Å². The number of aliphatic hydroxyl groups excluding tert-OH is 1. The molecule has 2 aromatic rings. The molecule has 1 aromatic heterocycles. The van der Waals surface area contributed by atoms with Gasteiger partial charge in [0.2, 0.25) is 0 Å². The standard InChI is InChI=1S/C20H29NO2/c1-3-4-5-6-7-8-9-10-18(22)17-12-11-16-13-15(2)14-19(23)20(16)21-17/h11-14,18,22-23H,3-10H2,1-2H3. The average Bonchev–Trinajstić information content (AvgIpc) is 2.53. The van der Waals surface area contributed by atoms with Crippen LogP contribution in [-0.4, -0.2) is 15.2 Å². The Balaban J connectivity index is 1.87. The van der Waals surface area contributed by atoms with Crippen LogP contribution in [0.25, 0.3) is 10.9 Å². The van der Waals surface area contributed by atoms with Gasteiger partial charge in [-0.2, -0.15) is 0 Å². The number of phenols is 1. The van der Waals surface area contributed by atoms with E-state index in [0.29, 0.717) is 11.2 Å². The normalized spacial score (nSPS) is 12.7. The van der Waals surface area contributed by atoms with Crippen LogP contribution >= 0.6 is 0 Å². The smallest absolute Gasteiger partial charge is 0.142 e. The molecule has 0 bridgehead atoms. The Hall–Kier alpha value is -1.61. The molecule has 0 aliphatic carbocycles. The minimum absolute atomic E-state index is 0.185. The third kappa shape index (κ3) is 5.21. The van der Waals surface area contributed by atoms with Crippen molar-refractivity contribution in [3.63, 3.8) is 0 Å². The number of hydrogen-bond acceptors (Lipinski definition) is 3. The van der Waals surface area contributed by atoms with Crippen molar-refractivity contribution >= 4 is 10.9 Å². The molecule has 2 N–H and O–H groups in total. The van der Waals surface area contributed by atoms with Crippen LogP contribution in [0.4, 0.5) is 0 Å². The first-order chi connectivity index (χ1) is 11.1. The summed E-state index contributed by atoms with van der Waals surface area (Å²) < 4.78 is 0. The van der Waals surface area contributed by atoms with Gasteiger partial charge in [0.05, 0.1) is 11.8 Å². The first-order valence-corrected chi connectivity index (χ1v) is 8.90. The van der Waals surface area contributed by atoms with Crippen LogP contribution in [0.15, 0.2) is 24.3 Å². The van der Waals surface area contributed by atoms with Crippen molar-refractivity contribution in [2.45, 2.75) is 71.3 Å². The van der Waals surface area contributed by atoms with E-state index in [9.17, 15) is 10.2 Å². The van der Waals surface area contributed by atoms with E-state index in [1.807, 2.05) is 25.1 Å². The largest absolute Gasteiger partial charge is 0.506 e. The number of fused-ring (bicyclic) bond motifs is 1. The molecule has 0 aliphatic rings. The lowest BCUT2D eigenvalue weighted by Crippen LogP contribution is -2.01. The van der Waals surface area contributed by atoms with Crippen LogP contribution in [0.5, 0.6) is 5.75 Å². The molecule has 23 heavy (non-hydrogen) atoms. The Labute approximate surface area is 139 Å². The molecule has 3 nitrogen and oxygen atoms in total. The summed E-state index contributed by atoms with van der Waals surface area (Å²) in [4.78, 5) is 4.46. The van der Waals surface area contributed by atoms with Crippen LogP contribution in [-0.2, 0) is 0 Å². The molecule has 3 heteroatoms. The second-order valence-corrected chi connectivity index (χ2v) is 6.52. The predicted molar refractivity (Wildman–Crippen MR) is 95.7 cm³/mol. The summed E-state index contributed by atoms with van der Waals surface area (Å²) in [5.41, 5.74) is 2.24. The molecule has 0 amide bonds. The maximum Gasteiger partial charge on any atom is 0.142 e. The quantitative estimate of drug-likeness (QED) is 0.607. The van der Waals surface area contributed by atoms with Gasteiger partial charge in [-0.3, -0.25) is 0 Å². The van der Waals surface area contributed by atoms with Crippen LogP contribution in [0.1, 0.15) is 75.7 Å². The maximum atomic E-state index is 10.3. The van der Waals surface area contributed by atoms with Crippen LogP contribution in [0, 0.1) is 6.92 Å². The van der Waals surface area contributed by atoms with Crippen LogP contribution in [0.2, 0.25) is 0 Å². The number of aryl methyl sites for hydroxylation is 1. The lowest BCUT2D eigenvalue weighted by molar-refractivity contribution is 0.159. The van der Waals surface area contributed by atoms with Gasteiger partial charge in [0.1, 0.15) is 11.3 Å². The Morgan fingerprint density at radius 3 is 2.43 bits per heavy atom. The van der Waals surface area contributed by atoms with Gasteiger partial charge >= 0.3 is 0 Å². The van der Waals surface area contributed by atoms with Gasteiger partial charge in [0.25, 0.3) is 0 Å². The lowest BCUT2D eigenvalue weighted by atomic mass is 10.0. The predicted octanol–water partition coefficient (Wildman–Crippen LogP) is 5.42. The van der Waals surface area contributed by atoms with Crippen LogP contribution in [0.3, 0.4) is 0 Å². The number of hydrogen-bond donors (Lipinski definition) is 2. The molecule has 1 heterocycles. The fourth-order valence-corrected chi connectivity index (χ4v) is 3.01. The van der Waals surface area contributed by atoms with Crippen molar-refractivity contribution in [1.29, 1.82) is 0 Å². The number of unbranched alkanes of at least 4 members (excludes halogenated alkanes) is 6. The van der Waals surface area contributed by atoms with Crippen molar-refractivity contribution in [2.24, 2.45) is 0 Å². The zero-order chi connectivity index (χ0) is 16.7.